The zero-order chi connectivity index (χ0) is 17.4. The Morgan fingerprint density at radius 1 is 1.00 bits per heavy atom. The smallest absolute Gasteiger partial charge is 0.328 e. The van der Waals surface area contributed by atoms with Gasteiger partial charge >= 0.3 is 11.9 Å². The standard InChI is InChI=1S/C17H22O6/c1-16(2,3)23-15(19)17(14(18)22-6)9-10-7-12(20-4)13(21-5)8-11(10)17/h7-8H,9H2,1-6H3. The third-order valence-electron chi connectivity index (χ3n) is 3.81. The molecule has 2 rings (SSSR count). The molecule has 0 bridgehead atoms. The summed E-state index contributed by atoms with van der Waals surface area (Å²) in [5.41, 5.74) is -0.781. The lowest BCUT2D eigenvalue weighted by Crippen LogP contribution is -2.55. The second-order valence-corrected chi connectivity index (χ2v) is 6.44. The average molecular weight is 322 g/mol. The van der Waals surface area contributed by atoms with E-state index in [4.69, 9.17) is 18.9 Å². The van der Waals surface area contributed by atoms with Crippen molar-refractivity contribution in [1.29, 1.82) is 0 Å². The maximum absolute atomic E-state index is 12.7. The van der Waals surface area contributed by atoms with E-state index in [0.29, 0.717) is 17.1 Å². The predicted molar refractivity (Wildman–Crippen MR) is 82.8 cm³/mol. The van der Waals surface area contributed by atoms with Crippen LogP contribution in [-0.2, 0) is 30.9 Å². The second-order valence-electron chi connectivity index (χ2n) is 6.44. The van der Waals surface area contributed by atoms with Gasteiger partial charge in [-0.15, -0.1) is 0 Å². The number of hydrogen-bond acceptors (Lipinski definition) is 6. The highest BCUT2D eigenvalue weighted by molar-refractivity contribution is 6.09. The molecule has 1 aliphatic rings. The molecule has 6 heteroatoms. The summed E-state index contributed by atoms with van der Waals surface area (Å²) in [6.45, 7) is 5.26. The number of carbonyl (C=O) groups excluding carboxylic acids is 2. The van der Waals surface area contributed by atoms with Crippen molar-refractivity contribution in [2.24, 2.45) is 0 Å². The van der Waals surface area contributed by atoms with Crippen LogP contribution in [0.15, 0.2) is 12.1 Å². The minimum Gasteiger partial charge on any atom is -0.493 e. The summed E-state index contributed by atoms with van der Waals surface area (Å²) in [4.78, 5) is 25.1. The van der Waals surface area contributed by atoms with Gasteiger partial charge in [-0.3, -0.25) is 9.59 Å². The van der Waals surface area contributed by atoms with E-state index < -0.39 is 23.0 Å². The van der Waals surface area contributed by atoms with Crippen LogP contribution in [0.5, 0.6) is 11.5 Å². The molecule has 0 aromatic heterocycles. The zero-order valence-electron chi connectivity index (χ0n) is 14.3. The Balaban J connectivity index is 2.52. The molecule has 0 spiro atoms. The second kappa shape index (κ2) is 5.76. The number of methoxy groups -OCH3 is 3. The minimum absolute atomic E-state index is 0.213. The maximum atomic E-state index is 12.7. The average Bonchev–Trinajstić information content (AvgIpc) is 2.46. The van der Waals surface area contributed by atoms with Gasteiger partial charge in [0.15, 0.2) is 16.9 Å². The van der Waals surface area contributed by atoms with Gasteiger partial charge in [0.1, 0.15) is 5.60 Å². The number of hydrogen-bond donors (Lipinski definition) is 0. The first-order chi connectivity index (χ1) is 10.7. The van der Waals surface area contributed by atoms with E-state index in [2.05, 4.69) is 0 Å². The van der Waals surface area contributed by atoms with Gasteiger partial charge in [0, 0.05) is 6.42 Å². The molecule has 0 fully saturated rings. The molecule has 0 amide bonds. The van der Waals surface area contributed by atoms with Crippen LogP contribution in [0.4, 0.5) is 0 Å². The van der Waals surface area contributed by atoms with E-state index in [0.717, 1.165) is 5.56 Å². The fourth-order valence-electron chi connectivity index (χ4n) is 2.73. The molecular formula is C17H22O6. The predicted octanol–water partition coefficient (Wildman–Crippen LogP) is 2.01. The number of fused-ring (bicyclic) bond motifs is 1. The summed E-state index contributed by atoms with van der Waals surface area (Å²) >= 11 is 0. The lowest BCUT2D eigenvalue weighted by molar-refractivity contribution is -0.172. The molecule has 0 saturated carbocycles. The molecule has 0 radical (unpaired) electrons. The van der Waals surface area contributed by atoms with E-state index in [1.165, 1.54) is 21.3 Å². The Morgan fingerprint density at radius 3 is 2.04 bits per heavy atom. The van der Waals surface area contributed by atoms with E-state index in [1.807, 2.05) is 0 Å². The Kier molecular flexibility index (Phi) is 4.28. The van der Waals surface area contributed by atoms with Gasteiger partial charge in [-0.05, 0) is 44.0 Å². The molecule has 1 aliphatic carbocycles. The molecule has 0 N–H and O–H groups in total. The summed E-state index contributed by atoms with van der Waals surface area (Å²) in [7, 11) is 4.29. The van der Waals surface area contributed by atoms with E-state index in [-0.39, 0.29) is 6.42 Å². The van der Waals surface area contributed by atoms with Crippen molar-refractivity contribution in [1.82, 2.24) is 0 Å². The molecule has 1 atom stereocenters. The number of esters is 2. The van der Waals surface area contributed by atoms with Crippen LogP contribution < -0.4 is 9.47 Å². The molecule has 0 saturated heterocycles. The van der Waals surface area contributed by atoms with Gasteiger partial charge in [-0.25, -0.2) is 0 Å². The molecule has 0 aliphatic heterocycles. The van der Waals surface area contributed by atoms with Gasteiger partial charge in [-0.1, -0.05) is 0 Å². The lowest BCUT2D eigenvalue weighted by atomic mass is 9.63. The van der Waals surface area contributed by atoms with Gasteiger partial charge in [0.25, 0.3) is 0 Å². The highest BCUT2D eigenvalue weighted by Gasteiger charge is 2.59. The first-order valence-electron chi connectivity index (χ1n) is 7.27. The molecule has 126 valence electrons. The molecule has 1 aromatic carbocycles. The van der Waals surface area contributed by atoms with Crippen molar-refractivity contribution in [2.45, 2.75) is 38.2 Å². The maximum Gasteiger partial charge on any atom is 0.328 e. The van der Waals surface area contributed by atoms with Crippen molar-refractivity contribution in [2.75, 3.05) is 21.3 Å². The van der Waals surface area contributed by atoms with Crippen molar-refractivity contribution >= 4 is 11.9 Å². The molecule has 6 nitrogen and oxygen atoms in total. The normalized spacial score (nSPS) is 19.2. The van der Waals surface area contributed by atoms with Crippen LogP contribution in [0.25, 0.3) is 0 Å². The fourth-order valence-corrected chi connectivity index (χ4v) is 2.73. The highest BCUT2D eigenvalue weighted by Crippen LogP contribution is 2.48. The third-order valence-corrected chi connectivity index (χ3v) is 3.81. The van der Waals surface area contributed by atoms with Crippen LogP contribution in [0, 0.1) is 0 Å². The Labute approximate surface area is 135 Å². The van der Waals surface area contributed by atoms with Gasteiger partial charge in [-0.2, -0.15) is 0 Å². The largest absolute Gasteiger partial charge is 0.493 e. The number of carbonyl (C=O) groups is 2. The van der Waals surface area contributed by atoms with Gasteiger partial charge < -0.3 is 18.9 Å². The third kappa shape index (κ3) is 2.73. The number of benzene rings is 1. The molecule has 0 heterocycles. The molecule has 1 unspecified atom stereocenters. The van der Waals surface area contributed by atoms with Crippen molar-refractivity contribution < 1.29 is 28.5 Å². The van der Waals surface area contributed by atoms with E-state index >= 15 is 0 Å². The van der Waals surface area contributed by atoms with Crippen LogP contribution in [0.3, 0.4) is 0 Å². The number of rotatable bonds is 4. The first kappa shape index (κ1) is 17.1. The van der Waals surface area contributed by atoms with Gasteiger partial charge in [0.05, 0.1) is 21.3 Å². The minimum atomic E-state index is -1.45. The molecule has 23 heavy (non-hydrogen) atoms. The SMILES string of the molecule is COC(=O)C1(C(=O)OC(C)(C)C)Cc2cc(OC)c(OC)cc21. The monoisotopic (exact) mass is 322 g/mol. The molecular weight excluding hydrogens is 300 g/mol. The summed E-state index contributed by atoms with van der Waals surface area (Å²) in [5.74, 6) is -0.250. The van der Waals surface area contributed by atoms with Crippen molar-refractivity contribution in [3.05, 3.63) is 23.3 Å². The summed E-state index contributed by atoms with van der Waals surface area (Å²) in [6.07, 6.45) is 0.213. The van der Waals surface area contributed by atoms with Gasteiger partial charge in [0.2, 0.25) is 0 Å². The first-order valence-corrected chi connectivity index (χ1v) is 7.27. The Bertz CT molecular complexity index is 643. The lowest BCUT2D eigenvalue weighted by Gasteiger charge is -2.40. The highest BCUT2D eigenvalue weighted by atomic mass is 16.6. The van der Waals surface area contributed by atoms with Crippen LogP contribution in [0.1, 0.15) is 31.9 Å². The van der Waals surface area contributed by atoms with Crippen LogP contribution in [-0.4, -0.2) is 38.9 Å². The fraction of sp³-hybridized carbons (Fsp3) is 0.529. The molecule has 1 aromatic rings. The topological polar surface area (TPSA) is 71.1 Å². The quantitative estimate of drug-likeness (QED) is 0.624. The van der Waals surface area contributed by atoms with Crippen LogP contribution in [0.2, 0.25) is 0 Å². The number of ether oxygens (including phenoxy) is 4. The van der Waals surface area contributed by atoms with Crippen molar-refractivity contribution in [3.8, 4) is 11.5 Å². The van der Waals surface area contributed by atoms with Crippen molar-refractivity contribution in [3.63, 3.8) is 0 Å². The Hall–Kier alpha value is -2.24. The van der Waals surface area contributed by atoms with E-state index in [9.17, 15) is 9.59 Å². The zero-order valence-corrected chi connectivity index (χ0v) is 14.3. The Morgan fingerprint density at radius 2 is 1.57 bits per heavy atom. The summed E-state index contributed by atoms with van der Waals surface area (Å²) in [5, 5.41) is 0. The van der Waals surface area contributed by atoms with E-state index in [1.54, 1.807) is 32.9 Å². The summed E-state index contributed by atoms with van der Waals surface area (Å²) in [6, 6.07) is 3.40. The van der Waals surface area contributed by atoms with Crippen LogP contribution >= 0.6 is 0 Å². The summed E-state index contributed by atoms with van der Waals surface area (Å²) < 4.78 is 20.8.